The van der Waals surface area contributed by atoms with E-state index in [1.54, 1.807) is 0 Å². The van der Waals surface area contributed by atoms with Gasteiger partial charge >= 0.3 is 0 Å². The molecule has 1 atom stereocenters. The monoisotopic (exact) mass is 343 g/mol. The minimum Gasteiger partial charge on any atom is -0.368 e. The van der Waals surface area contributed by atoms with Crippen molar-refractivity contribution < 1.29 is 9.32 Å². The molecule has 0 spiro atoms. The maximum Gasteiger partial charge on any atom is 0.239 e. The van der Waals surface area contributed by atoms with E-state index in [0.717, 1.165) is 50.4 Å². The number of nitrogens with two attached hydrogens (primary N) is 1. The van der Waals surface area contributed by atoms with Crippen LogP contribution in [0.1, 0.15) is 36.7 Å². The van der Waals surface area contributed by atoms with Crippen molar-refractivity contribution in [3.05, 3.63) is 47.6 Å². The summed E-state index contributed by atoms with van der Waals surface area (Å²) in [6.45, 7) is 6.06. The molecule has 2 aromatic rings. The molecule has 1 aromatic carbocycles. The number of aromatic nitrogens is 2. The summed E-state index contributed by atoms with van der Waals surface area (Å²) in [6.07, 6.45) is 1.72. The molecule has 0 saturated carbocycles. The van der Waals surface area contributed by atoms with Crippen molar-refractivity contribution in [2.45, 2.75) is 32.4 Å². The number of aryl methyl sites for hydroxylation is 1. The van der Waals surface area contributed by atoms with Crippen molar-refractivity contribution >= 4 is 5.91 Å². The standard InChI is InChI=1S/C18H25N5O2/c1-2-16-20-15(21-25-16)13-22-9-6-10-23(12-11-22)17(18(19)24)14-7-4-3-5-8-14/h3-5,7-8,17H,2,6,9-13H2,1H3,(H2,19,24). The number of nitrogens with zero attached hydrogens (tertiary/aromatic N) is 4. The summed E-state index contributed by atoms with van der Waals surface area (Å²) in [6, 6.07) is 9.38. The molecule has 1 saturated heterocycles. The van der Waals surface area contributed by atoms with Gasteiger partial charge in [0.05, 0.1) is 6.54 Å². The van der Waals surface area contributed by atoms with Crippen molar-refractivity contribution in [1.29, 1.82) is 0 Å². The SMILES string of the molecule is CCc1nc(CN2CCCN(C(C(N)=O)c3ccccc3)CC2)no1. The van der Waals surface area contributed by atoms with Crippen molar-refractivity contribution in [2.75, 3.05) is 26.2 Å². The van der Waals surface area contributed by atoms with Gasteiger partial charge < -0.3 is 10.3 Å². The highest BCUT2D eigenvalue weighted by molar-refractivity contribution is 5.81. The maximum absolute atomic E-state index is 12.1. The number of benzene rings is 1. The van der Waals surface area contributed by atoms with Crippen LogP contribution in [0.3, 0.4) is 0 Å². The quantitative estimate of drug-likeness (QED) is 0.852. The van der Waals surface area contributed by atoms with Gasteiger partial charge in [0.25, 0.3) is 0 Å². The summed E-state index contributed by atoms with van der Waals surface area (Å²) in [5.41, 5.74) is 6.65. The fraction of sp³-hybridized carbons (Fsp3) is 0.500. The normalized spacial score (nSPS) is 18.0. The molecule has 1 fully saturated rings. The zero-order chi connectivity index (χ0) is 17.6. The highest BCUT2D eigenvalue weighted by atomic mass is 16.5. The lowest BCUT2D eigenvalue weighted by atomic mass is 10.0. The summed E-state index contributed by atoms with van der Waals surface area (Å²) in [7, 11) is 0. The predicted molar refractivity (Wildman–Crippen MR) is 93.5 cm³/mol. The molecule has 1 unspecified atom stereocenters. The number of amides is 1. The van der Waals surface area contributed by atoms with E-state index in [-0.39, 0.29) is 11.9 Å². The average Bonchev–Trinajstić information content (AvgIpc) is 2.95. The van der Waals surface area contributed by atoms with Crippen LogP contribution in [0.25, 0.3) is 0 Å². The van der Waals surface area contributed by atoms with Gasteiger partial charge in [0.1, 0.15) is 6.04 Å². The molecule has 1 aliphatic rings. The third-order valence-electron chi connectivity index (χ3n) is 4.55. The zero-order valence-corrected chi connectivity index (χ0v) is 14.6. The van der Waals surface area contributed by atoms with Crippen LogP contribution in [0.5, 0.6) is 0 Å². The molecule has 25 heavy (non-hydrogen) atoms. The summed E-state index contributed by atoms with van der Waals surface area (Å²) in [5, 5.41) is 4.03. The number of hydrogen-bond acceptors (Lipinski definition) is 6. The van der Waals surface area contributed by atoms with Crippen LogP contribution in [0.15, 0.2) is 34.9 Å². The molecular formula is C18H25N5O2. The molecule has 3 rings (SSSR count). The number of hydrogen-bond donors (Lipinski definition) is 1. The third kappa shape index (κ3) is 4.43. The predicted octanol–water partition coefficient (Wildman–Crippen LogP) is 1.37. The summed E-state index contributed by atoms with van der Waals surface area (Å²) in [4.78, 5) is 20.9. The van der Waals surface area contributed by atoms with Gasteiger partial charge in [-0.1, -0.05) is 42.4 Å². The van der Waals surface area contributed by atoms with E-state index in [9.17, 15) is 4.79 Å². The van der Waals surface area contributed by atoms with E-state index in [0.29, 0.717) is 12.4 Å². The Kier molecular flexibility index (Phi) is 5.78. The lowest BCUT2D eigenvalue weighted by molar-refractivity contribution is -0.123. The van der Waals surface area contributed by atoms with Gasteiger partial charge in [-0.15, -0.1) is 0 Å². The van der Waals surface area contributed by atoms with Crippen LogP contribution in [-0.2, 0) is 17.8 Å². The summed E-state index contributed by atoms with van der Waals surface area (Å²) >= 11 is 0. The second-order valence-corrected chi connectivity index (χ2v) is 6.34. The van der Waals surface area contributed by atoms with Crippen LogP contribution < -0.4 is 5.73 Å². The van der Waals surface area contributed by atoms with Crippen LogP contribution in [0.2, 0.25) is 0 Å². The van der Waals surface area contributed by atoms with Gasteiger partial charge in [0, 0.05) is 26.1 Å². The first-order valence-electron chi connectivity index (χ1n) is 8.79. The second kappa shape index (κ2) is 8.22. The summed E-state index contributed by atoms with van der Waals surface area (Å²) in [5.74, 6) is 1.09. The van der Waals surface area contributed by atoms with E-state index in [1.165, 1.54) is 0 Å². The van der Waals surface area contributed by atoms with Crippen LogP contribution in [-0.4, -0.2) is 52.0 Å². The van der Waals surface area contributed by atoms with Crippen LogP contribution >= 0.6 is 0 Å². The molecule has 1 aliphatic heterocycles. The first-order valence-corrected chi connectivity index (χ1v) is 8.79. The second-order valence-electron chi connectivity index (χ2n) is 6.34. The third-order valence-corrected chi connectivity index (χ3v) is 4.55. The molecule has 1 amide bonds. The fourth-order valence-corrected chi connectivity index (χ4v) is 3.30. The zero-order valence-electron chi connectivity index (χ0n) is 14.6. The Hall–Kier alpha value is -2.25. The van der Waals surface area contributed by atoms with Gasteiger partial charge in [0.15, 0.2) is 5.82 Å². The lowest BCUT2D eigenvalue weighted by Crippen LogP contribution is -2.40. The Morgan fingerprint density at radius 2 is 2.04 bits per heavy atom. The highest BCUT2D eigenvalue weighted by Gasteiger charge is 2.27. The molecule has 0 aliphatic carbocycles. The number of rotatable bonds is 6. The van der Waals surface area contributed by atoms with Gasteiger partial charge in [-0.25, -0.2) is 0 Å². The Balaban J connectivity index is 1.64. The van der Waals surface area contributed by atoms with E-state index in [1.807, 2.05) is 37.3 Å². The van der Waals surface area contributed by atoms with Gasteiger partial charge in [-0.2, -0.15) is 4.98 Å². The Morgan fingerprint density at radius 3 is 2.72 bits per heavy atom. The van der Waals surface area contributed by atoms with Crippen molar-refractivity contribution in [2.24, 2.45) is 5.73 Å². The van der Waals surface area contributed by atoms with Gasteiger partial charge in [-0.3, -0.25) is 14.6 Å². The Morgan fingerprint density at radius 1 is 1.24 bits per heavy atom. The fourth-order valence-electron chi connectivity index (χ4n) is 3.30. The molecule has 0 bridgehead atoms. The lowest BCUT2D eigenvalue weighted by Gasteiger charge is -2.28. The maximum atomic E-state index is 12.1. The van der Waals surface area contributed by atoms with Crippen molar-refractivity contribution in [3.8, 4) is 0 Å². The number of primary amides is 1. The van der Waals surface area contributed by atoms with E-state index in [2.05, 4.69) is 19.9 Å². The van der Waals surface area contributed by atoms with E-state index < -0.39 is 0 Å². The molecule has 7 nitrogen and oxygen atoms in total. The van der Waals surface area contributed by atoms with E-state index >= 15 is 0 Å². The van der Waals surface area contributed by atoms with Crippen LogP contribution in [0, 0.1) is 0 Å². The van der Waals surface area contributed by atoms with E-state index in [4.69, 9.17) is 10.3 Å². The largest absolute Gasteiger partial charge is 0.368 e. The molecule has 2 heterocycles. The summed E-state index contributed by atoms with van der Waals surface area (Å²) < 4.78 is 5.18. The first-order chi connectivity index (χ1) is 12.2. The molecule has 1 aromatic heterocycles. The number of carbonyl (C=O) groups excluding carboxylic acids is 1. The molecule has 134 valence electrons. The molecule has 7 heteroatoms. The van der Waals surface area contributed by atoms with Gasteiger partial charge in [0.2, 0.25) is 11.8 Å². The first kappa shape index (κ1) is 17.6. The van der Waals surface area contributed by atoms with Crippen LogP contribution in [0.4, 0.5) is 0 Å². The van der Waals surface area contributed by atoms with Crippen molar-refractivity contribution in [1.82, 2.24) is 19.9 Å². The highest BCUT2D eigenvalue weighted by Crippen LogP contribution is 2.22. The minimum absolute atomic E-state index is 0.301. The molecular weight excluding hydrogens is 318 g/mol. The van der Waals surface area contributed by atoms with Gasteiger partial charge in [-0.05, 0) is 18.5 Å². The Bertz CT molecular complexity index is 688. The average molecular weight is 343 g/mol. The smallest absolute Gasteiger partial charge is 0.239 e. The van der Waals surface area contributed by atoms with Crippen molar-refractivity contribution in [3.63, 3.8) is 0 Å². The molecule has 0 radical (unpaired) electrons. The topological polar surface area (TPSA) is 88.5 Å². The Labute approximate surface area is 147 Å². The minimum atomic E-state index is -0.377. The molecule has 2 N–H and O–H groups in total. The number of carbonyl (C=O) groups is 1.